The number of fused-ring (bicyclic) bond motifs is 3. The molecule has 7 heteroatoms. The maximum Gasteiger partial charge on any atom is 0.226 e. The van der Waals surface area contributed by atoms with Gasteiger partial charge in [0.2, 0.25) is 5.95 Å². The van der Waals surface area contributed by atoms with Crippen LogP contribution in [0.25, 0.3) is 5.70 Å². The molecule has 3 aromatic carbocycles. The number of methoxy groups -OCH3 is 2. The highest BCUT2D eigenvalue weighted by Gasteiger charge is 2.41. The Morgan fingerprint density at radius 2 is 1.56 bits per heavy atom. The Hall–Kier alpha value is -4.26. The lowest BCUT2D eigenvalue weighted by molar-refractivity contribution is 0.223. The van der Waals surface area contributed by atoms with Crippen LogP contribution < -0.4 is 19.5 Å². The molecule has 1 aromatic heterocycles. The van der Waals surface area contributed by atoms with E-state index in [0.717, 1.165) is 50.8 Å². The van der Waals surface area contributed by atoms with Gasteiger partial charge in [-0.05, 0) is 54.4 Å². The van der Waals surface area contributed by atoms with Crippen molar-refractivity contribution in [3.8, 4) is 17.2 Å². The topological polar surface area (TPSA) is 70.4 Å². The maximum absolute atomic E-state index is 6.68. The van der Waals surface area contributed by atoms with Gasteiger partial charge in [0.1, 0.15) is 35.7 Å². The van der Waals surface area contributed by atoms with Crippen molar-refractivity contribution in [2.24, 2.45) is 0 Å². The first-order valence-electron chi connectivity index (χ1n) is 11.1. The van der Waals surface area contributed by atoms with Crippen molar-refractivity contribution in [1.29, 1.82) is 0 Å². The van der Waals surface area contributed by atoms with Crippen LogP contribution in [0.2, 0.25) is 0 Å². The van der Waals surface area contributed by atoms with E-state index in [9.17, 15) is 0 Å². The van der Waals surface area contributed by atoms with Crippen LogP contribution in [-0.2, 0) is 0 Å². The van der Waals surface area contributed by atoms with Crippen molar-refractivity contribution in [3.63, 3.8) is 0 Å². The molecule has 0 bridgehead atoms. The Morgan fingerprint density at radius 3 is 2.24 bits per heavy atom. The van der Waals surface area contributed by atoms with E-state index in [0.29, 0.717) is 5.95 Å². The lowest BCUT2D eigenvalue weighted by Crippen LogP contribution is -2.32. The number of ether oxygens (including phenoxy) is 3. The van der Waals surface area contributed by atoms with E-state index in [-0.39, 0.29) is 12.1 Å². The molecule has 2 aliphatic heterocycles. The molecule has 34 heavy (non-hydrogen) atoms. The van der Waals surface area contributed by atoms with Gasteiger partial charge < -0.3 is 19.5 Å². The summed E-state index contributed by atoms with van der Waals surface area (Å²) in [6, 6.07) is 22.2. The number of rotatable bonds is 4. The molecule has 0 saturated heterocycles. The predicted octanol–water partition coefficient (Wildman–Crippen LogP) is 5.16. The van der Waals surface area contributed by atoms with Crippen LogP contribution in [0.15, 0.2) is 78.6 Å². The number of aromatic nitrogens is 3. The summed E-state index contributed by atoms with van der Waals surface area (Å²) in [4.78, 5) is 4.50. The standard InChI is InChI=1S/C27H24N4O3/c1-16-4-13-22-21(14-16)24-23(26(34-22)18-7-11-20(33-3)12-8-18)25(31-27(30-24)28-15-29-31)17-5-9-19(32-2)10-6-17/h4-15,25-26H,1-3H3,(H,28,29,30)/t25-,26+/m0/s1. The molecule has 0 aliphatic carbocycles. The van der Waals surface area contributed by atoms with E-state index in [1.54, 1.807) is 20.5 Å². The van der Waals surface area contributed by atoms with Crippen molar-refractivity contribution in [1.82, 2.24) is 14.8 Å². The second-order valence-electron chi connectivity index (χ2n) is 8.43. The van der Waals surface area contributed by atoms with Crippen molar-refractivity contribution >= 4 is 11.6 Å². The van der Waals surface area contributed by atoms with Crippen LogP contribution in [0, 0.1) is 6.92 Å². The molecule has 170 valence electrons. The number of hydrogen-bond donors (Lipinski definition) is 1. The van der Waals surface area contributed by atoms with Crippen molar-refractivity contribution in [3.05, 3.63) is 101 Å². The van der Waals surface area contributed by atoms with E-state index < -0.39 is 0 Å². The van der Waals surface area contributed by atoms with Crippen molar-refractivity contribution < 1.29 is 14.2 Å². The summed E-state index contributed by atoms with van der Waals surface area (Å²) in [7, 11) is 3.34. The molecule has 0 amide bonds. The minimum atomic E-state index is -0.326. The molecule has 1 N–H and O–H groups in total. The van der Waals surface area contributed by atoms with E-state index in [1.807, 2.05) is 35.0 Å². The van der Waals surface area contributed by atoms with Crippen LogP contribution in [0.4, 0.5) is 5.95 Å². The van der Waals surface area contributed by atoms with Crippen molar-refractivity contribution in [2.75, 3.05) is 19.5 Å². The Kier molecular flexibility index (Phi) is 4.76. The minimum absolute atomic E-state index is 0.208. The molecular formula is C27H24N4O3. The van der Waals surface area contributed by atoms with Gasteiger partial charge >= 0.3 is 0 Å². The molecule has 0 unspecified atom stereocenters. The summed E-state index contributed by atoms with van der Waals surface area (Å²) in [6.45, 7) is 2.09. The lowest BCUT2D eigenvalue weighted by atomic mass is 9.84. The maximum atomic E-state index is 6.68. The Bertz CT molecular complexity index is 1390. The molecule has 0 fully saturated rings. The minimum Gasteiger partial charge on any atom is -0.497 e. The SMILES string of the molecule is COc1ccc([C@H]2C3=C(Nc4ncnn42)c2cc(C)ccc2O[C@@H]3c2ccc(OC)cc2)cc1. The Labute approximate surface area is 197 Å². The van der Waals surface area contributed by atoms with Gasteiger partial charge in [-0.15, -0.1) is 0 Å². The van der Waals surface area contributed by atoms with Crippen LogP contribution in [0.5, 0.6) is 17.2 Å². The summed E-state index contributed by atoms with van der Waals surface area (Å²) >= 11 is 0. The first-order valence-corrected chi connectivity index (χ1v) is 11.1. The van der Waals surface area contributed by atoms with E-state index in [2.05, 4.69) is 58.7 Å². The molecule has 3 heterocycles. The number of anilines is 1. The van der Waals surface area contributed by atoms with E-state index in [1.165, 1.54) is 0 Å². The average molecular weight is 453 g/mol. The van der Waals surface area contributed by atoms with Crippen LogP contribution in [0.3, 0.4) is 0 Å². The number of benzene rings is 3. The predicted molar refractivity (Wildman–Crippen MR) is 129 cm³/mol. The van der Waals surface area contributed by atoms with Gasteiger partial charge in [-0.1, -0.05) is 35.9 Å². The molecule has 0 radical (unpaired) electrons. The zero-order chi connectivity index (χ0) is 23.2. The zero-order valence-corrected chi connectivity index (χ0v) is 19.1. The van der Waals surface area contributed by atoms with Gasteiger partial charge in [0, 0.05) is 11.1 Å². The third-order valence-corrected chi connectivity index (χ3v) is 6.42. The number of hydrogen-bond acceptors (Lipinski definition) is 6. The third kappa shape index (κ3) is 3.20. The van der Waals surface area contributed by atoms with Gasteiger partial charge in [0.15, 0.2) is 0 Å². The van der Waals surface area contributed by atoms with Gasteiger partial charge in [-0.3, -0.25) is 0 Å². The quantitative estimate of drug-likeness (QED) is 0.461. The second-order valence-corrected chi connectivity index (χ2v) is 8.43. The Morgan fingerprint density at radius 1 is 0.882 bits per heavy atom. The van der Waals surface area contributed by atoms with Crippen LogP contribution in [-0.4, -0.2) is 29.0 Å². The summed E-state index contributed by atoms with van der Waals surface area (Å²) in [6.07, 6.45) is 1.26. The zero-order valence-electron chi connectivity index (χ0n) is 19.1. The normalized spacial score (nSPS) is 18.2. The molecule has 0 spiro atoms. The average Bonchev–Trinajstić information content (AvgIpc) is 3.35. The fourth-order valence-electron chi connectivity index (χ4n) is 4.74. The number of nitrogens with zero attached hydrogens (tertiary/aromatic N) is 3. The first-order chi connectivity index (χ1) is 16.7. The molecule has 0 saturated carbocycles. The van der Waals surface area contributed by atoms with Gasteiger partial charge in [0.05, 0.1) is 19.9 Å². The monoisotopic (exact) mass is 452 g/mol. The summed E-state index contributed by atoms with van der Waals surface area (Å²) in [5.41, 5.74) is 6.36. The molecule has 2 aliphatic rings. The highest BCUT2D eigenvalue weighted by atomic mass is 16.5. The molecule has 6 rings (SSSR count). The molecule has 2 atom stereocenters. The van der Waals surface area contributed by atoms with Gasteiger partial charge in [-0.2, -0.15) is 10.1 Å². The van der Waals surface area contributed by atoms with Crippen LogP contribution in [0.1, 0.15) is 34.4 Å². The fourth-order valence-corrected chi connectivity index (χ4v) is 4.74. The number of aryl methyl sites for hydroxylation is 1. The number of nitrogens with one attached hydrogen (secondary N) is 1. The summed E-state index contributed by atoms with van der Waals surface area (Å²) in [5, 5.41) is 8.13. The van der Waals surface area contributed by atoms with E-state index >= 15 is 0 Å². The molecule has 7 nitrogen and oxygen atoms in total. The van der Waals surface area contributed by atoms with E-state index in [4.69, 9.17) is 14.2 Å². The third-order valence-electron chi connectivity index (χ3n) is 6.42. The molecule has 4 aromatic rings. The second kappa shape index (κ2) is 7.95. The van der Waals surface area contributed by atoms with Crippen molar-refractivity contribution in [2.45, 2.75) is 19.1 Å². The summed E-state index contributed by atoms with van der Waals surface area (Å²) < 4.78 is 19.4. The largest absolute Gasteiger partial charge is 0.497 e. The fraction of sp³-hybridized carbons (Fsp3) is 0.185. The first kappa shape index (κ1) is 20.4. The summed E-state index contributed by atoms with van der Waals surface area (Å²) in [5.74, 6) is 3.14. The van der Waals surface area contributed by atoms with Gasteiger partial charge in [-0.25, -0.2) is 4.68 Å². The van der Waals surface area contributed by atoms with Gasteiger partial charge in [0.25, 0.3) is 0 Å². The highest BCUT2D eigenvalue weighted by Crippen LogP contribution is 2.50. The van der Waals surface area contributed by atoms with Crippen LogP contribution >= 0.6 is 0 Å². The molecular weight excluding hydrogens is 428 g/mol. The Balaban J connectivity index is 1.59. The lowest BCUT2D eigenvalue weighted by Gasteiger charge is -2.39. The highest BCUT2D eigenvalue weighted by molar-refractivity contribution is 5.85. The smallest absolute Gasteiger partial charge is 0.226 e.